The van der Waals surface area contributed by atoms with Crippen molar-refractivity contribution in [2.75, 3.05) is 6.61 Å². The van der Waals surface area contributed by atoms with Gasteiger partial charge in [0, 0.05) is 5.56 Å². The number of carbonyl (C=O) groups excluding carboxylic acids is 2. The Balaban J connectivity index is 1.92. The van der Waals surface area contributed by atoms with E-state index < -0.39 is 11.9 Å². The third-order valence-electron chi connectivity index (χ3n) is 3.11. The molecule has 1 aliphatic rings. The fraction of sp³-hybridized carbons (Fsp3) is 0.375. The number of esters is 2. The van der Waals surface area contributed by atoms with E-state index in [0.29, 0.717) is 17.7 Å². The number of carbonyl (C=O) groups is 2. The van der Waals surface area contributed by atoms with Gasteiger partial charge in [-0.1, -0.05) is 44.4 Å². The standard InChI is InChI=1S/C16H18O4/c1-2-3-4-7-10-19-15(17)11-14-12-8-5-6-9-13(12)16(18)20-14/h5-6,8-9,11H,2-4,7,10H2,1H3/b14-11-. The van der Waals surface area contributed by atoms with Gasteiger partial charge in [0.1, 0.15) is 5.76 Å². The first kappa shape index (κ1) is 14.3. The molecule has 1 aromatic carbocycles. The molecular formula is C16H18O4. The van der Waals surface area contributed by atoms with Crippen LogP contribution in [0.5, 0.6) is 0 Å². The molecule has 1 aromatic rings. The number of hydrogen-bond donors (Lipinski definition) is 0. The van der Waals surface area contributed by atoms with Crippen LogP contribution in [-0.4, -0.2) is 18.5 Å². The highest BCUT2D eigenvalue weighted by molar-refractivity contribution is 6.05. The molecule has 0 saturated carbocycles. The molecule has 106 valence electrons. The van der Waals surface area contributed by atoms with Crippen LogP contribution in [0.4, 0.5) is 0 Å². The fourth-order valence-electron chi connectivity index (χ4n) is 2.04. The molecule has 1 aliphatic heterocycles. The molecule has 0 bridgehead atoms. The van der Waals surface area contributed by atoms with Crippen LogP contribution in [0.1, 0.15) is 48.5 Å². The number of cyclic esters (lactones) is 1. The molecule has 0 spiro atoms. The van der Waals surface area contributed by atoms with Crippen molar-refractivity contribution in [3.8, 4) is 0 Å². The Morgan fingerprint density at radius 1 is 1.20 bits per heavy atom. The molecule has 2 rings (SSSR count). The van der Waals surface area contributed by atoms with E-state index >= 15 is 0 Å². The highest BCUT2D eigenvalue weighted by Gasteiger charge is 2.26. The molecule has 0 atom stereocenters. The average molecular weight is 274 g/mol. The Kier molecular flexibility index (Phi) is 4.93. The first-order valence-corrected chi connectivity index (χ1v) is 6.92. The summed E-state index contributed by atoms with van der Waals surface area (Å²) in [5, 5.41) is 0. The van der Waals surface area contributed by atoms with Gasteiger partial charge in [0.15, 0.2) is 0 Å². The van der Waals surface area contributed by atoms with Crippen LogP contribution < -0.4 is 0 Å². The van der Waals surface area contributed by atoms with Gasteiger partial charge in [-0.2, -0.15) is 0 Å². The topological polar surface area (TPSA) is 52.6 Å². The van der Waals surface area contributed by atoms with Gasteiger partial charge < -0.3 is 9.47 Å². The molecule has 20 heavy (non-hydrogen) atoms. The monoisotopic (exact) mass is 274 g/mol. The van der Waals surface area contributed by atoms with Crippen LogP contribution in [0.3, 0.4) is 0 Å². The van der Waals surface area contributed by atoms with Gasteiger partial charge in [-0.25, -0.2) is 9.59 Å². The summed E-state index contributed by atoms with van der Waals surface area (Å²) in [5.74, 6) is -0.632. The Hall–Kier alpha value is -2.10. The summed E-state index contributed by atoms with van der Waals surface area (Å²) in [6.07, 6.45) is 5.44. The molecule has 0 aliphatic carbocycles. The predicted octanol–water partition coefficient (Wildman–Crippen LogP) is 3.32. The first-order chi connectivity index (χ1) is 9.72. The number of fused-ring (bicyclic) bond motifs is 1. The third kappa shape index (κ3) is 3.47. The van der Waals surface area contributed by atoms with Gasteiger partial charge in [-0.3, -0.25) is 0 Å². The Bertz CT molecular complexity index is 531. The summed E-state index contributed by atoms with van der Waals surface area (Å²) in [6.45, 7) is 2.53. The van der Waals surface area contributed by atoms with Crippen LogP contribution in [0, 0.1) is 0 Å². The molecule has 0 amide bonds. The van der Waals surface area contributed by atoms with Crippen molar-refractivity contribution in [3.05, 3.63) is 41.5 Å². The smallest absolute Gasteiger partial charge is 0.344 e. The molecule has 1 heterocycles. The van der Waals surface area contributed by atoms with E-state index in [9.17, 15) is 9.59 Å². The van der Waals surface area contributed by atoms with E-state index in [4.69, 9.17) is 9.47 Å². The number of ether oxygens (including phenoxy) is 2. The molecule has 0 saturated heterocycles. The summed E-state index contributed by atoms with van der Waals surface area (Å²) >= 11 is 0. The predicted molar refractivity (Wildman–Crippen MR) is 74.9 cm³/mol. The van der Waals surface area contributed by atoms with E-state index in [1.807, 2.05) is 0 Å². The third-order valence-corrected chi connectivity index (χ3v) is 3.11. The summed E-state index contributed by atoms with van der Waals surface area (Å²) < 4.78 is 10.2. The second-order valence-electron chi connectivity index (χ2n) is 4.67. The lowest BCUT2D eigenvalue weighted by Gasteiger charge is -2.02. The van der Waals surface area contributed by atoms with Crippen LogP contribution >= 0.6 is 0 Å². The van der Waals surface area contributed by atoms with Crippen molar-refractivity contribution in [3.63, 3.8) is 0 Å². The van der Waals surface area contributed by atoms with Gasteiger partial charge in [0.05, 0.1) is 18.2 Å². The van der Waals surface area contributed by atoms with Crippen molar-refractivity contribution >= 4 is 17.7 Å². The lowest BCUT2D eigenvalue weighted by atomic mass is 10.1. The van der Waals surface area contributed by atoms with Gasteiger partial charge in [-0.15, -0.1) is 0 Å². The molecule has 0 unspecified atom stereocenters. The summed E-state index contributed by atoms with van der Waals surface area (Å²) in [7, 11) is 0. The van der Waals surface area contributed by atoms with Crippen molar-refractivity contribution in [1.82, 2.24) is 0 Å². The van der Waals surface area contributed by atoms with Crippen molar-refractivity contribution in [2.45, 2.75) is 32.6 Å². The minimum absolute atomic E-state index is 0.268. The maximum Gasteiger partial charge on any atom is 0.344 e. The first-order valence-electron chi connectivity index (χ1n) is 6.92. The van der Waals surface area contributed by atoms with E-state index in [0.717, 1.165) is 25.7 Å². The zero-order chi connectivity index (χ0) is 14.4. The quantitative estimate of drug-likeness (QED) is 0.453. The second-order valence-corrected chi connectivity index (χ2v) is 4.67. The minimum atomic E-state index is -0.471. The Morgan fingerprint density at radius 3 is 2.70 bits per heavy atom. The number of unbranched alkanes of at least 4 members (excludes halogenated alkanes) is 3. The van der Waals surface area contributed by atoms with E-state index in [2.05, 4.69) is 6.92 Å². The van der Waals surface area contributed by atoms with Gasteiger partial charge in [0.25, 0.3) is 0 Å². The number of benzene rings is 1. The Morgan fingerprint density at radius 2 is 1.95 bits per heavy atom. The molecule has 4 heteroatoms. The van der Waals surface area contributed by atoms with E-state index in [1.54, 1.807) is 24.3 Å². The zero-order valence-corrected chi connectivity index (χ0v) is 11.6. The highest BCUT2D eigenvalue weighted by Crippen LogP contribution is 2.29. The van der Waals surface area contributed by atoms with Crippen molar-refractivity contribution in [1.29, 1.82) is 0 Å². The van der Waals surface area contributed by atoms with Crippen molar-refractivity contribution in [2.24, 2.45) is 0 Å². The molecule has 0 N–H and O–H groups in total. The largest absolute Gasteiger partial charge is 0.462 e. The normalized spacial score (nSPS) is 15.1. The minimum Gasteiger partial charge on any atom is -0.462 e. The van der Waals surface area contributed by atoms with Crippen LogP contribution in [-0.2, 0) is 14.3 Å². The molecule has 0 aromatic heterocycles. The SMILES string of the molecule is CCCCCCOC(=O)/C=C1\OC(=O)c2ccccc21. The molecule has 0 fully saturated rings. The summed E-state index contributed by atoms with van der Waals surface area (Å²) in [5.41, 5.74) is 1.12. The van der Waals surface area contributed by atoms with E-state index in [-0.39, 0.29) is 5.76 Å². The zero-order valence-electron chi connectivity index (χ0n) is 11.6. The fourth-order valence-corrected chi connectivity index (χ4v) is 2.04. The van der Waals surface area contributed by atoms with Gasteiger partial charge >= 0.3 is 11.9 Å². The average Bonchev–Trinajstić information content (AvgIpc) is 2.76. The highest BCUT2D eigenvalue weighted by atomic mass is 16.6. The second kappa shape index (κ2) is 6.89. The van der Waals surface area contributed by atoms with Crippen LogP contribution in [0.25, 0.3) is 5.76 Å². The Labute approximate surface area is 118 Å². The maximum absolute atomic E-state index is 11.7. The molecule has 0 radical (unpaired) electrons. The lowest BCUT2D eigenvalue weighted by Crippen LogP contribution is -2.03. The number of hydrogen-bond acceptors (Lipinski definition) is 4. The number of rotatable bonds is 6. The lowest BCUT2D eigenvalue weighted by molar-refractivity contribution is -0.137. The summed E-state index contributed by atoms with van der Waals surface area (Å²) in [4.78, 5) is 23.2. The summed E-state index contributed by atoms with van der Waals surface area (Å²) in [6, 6.07) is 6.98. The molecule has 4 nitrogen and oxygen atoms in total. The van der Waals surface area contributed by atoms with Crippen LogP contribution in [0.15, 0.2) is 30.3 Å². The van der Waals surface area contributed by atoms with E-state index in [1.165, 1.54) is 6.08 Å². The van der Waals surface area contributed by atoms with Gasteiger partial charge in [-0.05, 0) is 12.5 Å². The molecular weight excluding hydrogens is 256 g/mol. The van der Waals surface area contributed by atoms with Crippen molar-refractivity contribution < 1.29 is 19.1 Å². The maximum atomic E-state index is 11.7. The van der Waals surface area contributed by atoms with Gasteiger partial charge in [0.2, 0.25) is 0 Å². The van der Waals surface area contributed by atoms with Crippen LogP contribution in [0.2, 0.25) is 0 Å².